The summed E-state index contributed by atoms with van der Waals surface area (Å²) in [6.45, 7) is 2.18. The maximum absolute atomic E-state index is 12.5. The third-order valence-corrected chi connectivity index (χ3v) is 5.77. The van der Waals surface area contributed by atoms with Gasteiger partial charge in [0.15, 0.2) is 0 Å². The highest BCUT2D eigenvalue weighted by molar-refractivity contribution is 7.89. The molecule has 0 aliphatic heterocycles. The molecule has 114 valence electrons. The third-order valence-electron chi connectivity index (χ3n) is 3.64. The number of rotatable bonds is 3. The molecule has 4 nitrogen and oxygen atoms in total. The summed E-state index contributed by atoms with van der Waals surface area (Å²) in [5.41, 5.74) is 5.58. The van der Waals surface area contributed by atoms with E-state index >= 15 is 0 Å². The molecule has 21 heavy (non-hydrogen) atoms. The van der Waals surface area contributed by atoms with Gasteiger partial charge in [-0.05, 0) is 38.0 Å². The predicted octanol–water partition coefficient (Wildman–Crippen LogP) is 2.26. The Hall–Kier alpha value is -1.06. The van der Waals surface area contributed by atoms with Crippen LogP contribution in [0.25, 0.3) is 0 Å². The van der Waals surface area contributed by atoms with E-state index in [2.05, 4.69) is 16.6 Å². The van der Waals surface area contributed by atoms with Gasteiger partial charge < -0.3 is 5.73 Å². The maximum Gasteiger partial charge on any atom is 0.242 e. The number of nitrogens with two attached hydrogens (primary N) is 1. The van der Waals surface area contributed by atoms with Crippen molar-refractivity contribution in [3.8, 4) is 11.8 Å². The van der Waals surface area contributed by atoms with Gasteiger partial charge in [0.1, 0.15) is 4.90 Å². The second-order valence-corrected chi connectivity index (χ2v) is 7.58. The lowest BCUT2D eigenvalue weighted by atomic mass is 10.0. The largest absolute Gasteiger partial charge is 0.320 e. The van der Waals surface area contributed by atoms with Crippen molar-refractivity contribution in [2.45, 2.75) is 43.0 Å². The number of halogens is 1. The van der Waals surface area contributed by atoms with E-state index in [4.69, 9.17) is 17.3 Å². The predicted molar refractivity (Wildman–Crippen MR) is 84.6 cm³/mol. The van der Waals surface area contributed by atoms with E-state index in [1.165, 1.54) is 6.07 Å². The second kappa shape index (κ2) is 6.37. The van der Waals surface area contributed by atoms with Gasteiger partial charge in [-0.3, -0.25) is 0 Å². The summed E-state index contributed by atoms with van der Waals surface area (Å²) >= 11 is 6.11. The van der Waals surface area contributed by atoms with Gasteiger partial charge in [-0.1, -0.05) is 36.3 Å². The number of benzene rings is 1. The molecular formula is C15H19ClN2O2S. The molecule has 2 rings (SSSR count). The molecule has 0 aromatic heterocycles. The van der Waals surface area contributed by atoms with Crippen molar-refractivity contribution in [3.05, 3.63) is 28.8 Å². The Balaban J connectivity index is 2.28. The van der Waals surface area contributed by atoms with Crippen molar-refractivity contribution in [2.24, 2.45) is 5.73 Å². The van der Waals surface area contributed by atoms with Gasteiger partial charge >= 0.3 is 0 Å². The highest BCUT2D eigenvalue weighted by Crippen LogP contribution is 2.32. The zero-order valence-electron chi connectivity index (χ0n) is 11.9. The molecule has 1 aromatic carbocycles. The lowest BCUT2D eigenvalue weighted by molar-refractivity contribution is 0.427. The van der Waals surface area contributed by atoms with Crippen LogP contribution in [-0.4, -0.2) is 20.5 Å². The van der Waals surface area contributed by atoms with Crippen LogP contribution in [0.1, 0.15) is 38.2 Å². The molecule has 0 atom stereocenters. The molecule has 1 aromatic rings. The first-order valence-corrected chi connectivity index (χ1v) is 8.75. The Bertz CT molecular complexity index is 683. The summed E-state index contributed by atoms with van der Waals surface area (Å²) in [4.78, 5) is 0.0931. The number of hydrogen-bond donors (Lipinski definition) is 2. The summed E-state index contributed by atoms with van der Waals surface area (Å²) in [7, 11) is -3.62. The topological polar surface area (TPSA) is 72.2 Å². The van der Waals surface area contributed by atoms with Gasteiger partial charge in [0.05, 0.1) is 11.6 Å². The van der Waals surface area contributed by atoms with Crippen LogP contribution in [0, 0.1) is 11.8 Å². The van der Waals surface area contributed by atoms with E-state index in [-0.39, 0.29) is 22.0 Å². The number of nitrogens with one attached hydrogen (secondary N) is 1. The minimum atomic E-state index is -3.62. The first kappa shape index (κ1) is 16.3. The molecule has 0 bridgehead atoms. The fraction of sp³-hybridized carbons (Fsp3) is 0.467. The zero-order chi connectivity index (χ0) is 15.5. The van der Waals surface area contributed by atoms with Crippen LogP contribution in [-0.2, 0) is 10.0 Å². The minimum Gasteiger partial charge on any atom is -0.320 e. The van der Waals surface area contributed by atoms with E-state index in [0.717, 1.165) is 25.7 Å². The normalized spacial score (nSPS) is 17.3. The molecule has 0 spiro atoms. The van der Waals surface area contributed by atoms with Gasteiger partial charge in [-0.2, -0.15) is 0 Å². The maximum atomic E-state index is 12.5. The first-order chi connectivity index (χ1) is 9.86. The van der Waals surface area contributed by atoms with E-state index in [0.29, 0.717) is 5.56 Å². The summed E-state index contributed by atoms with van der Waals surface area (Å²) in [5, 5.41) is 0.174. The molecular weight excluding hydrogens is 308 g/mol. The van der Waals surface area contributed by atoms with E-state index < -0.39 is 10.0 Å². The van der Waals surface area contributed by atoms with Crippen LogP contribution < -0.4 is 10.5 Å². The molecule has 0 radical (unpaired) electrons. The molecule has 1 fully saturated rings. The lowest BCUT2D eigenvalue weighted by Crippen LogP contribution is -2.43. The Kier molecular flexibility index (Phi) is 4.95. The summed E-state index contributed by atoms with van der Waals surface area (Å²) in [5.74, 6) is 5.54. The van der Waals surface area contributed by atoms with Gasteiger partial charge in [-0.25, -0.2) is 13.1 Å². The van der Waals surface area contributed by atoms with Crippen molar-refractivity contribution >= 4 is 21.6 Å². The molecule has 6 heteroatoms. The van der Waals surface area contributed by atoms with Gasteiger partial charge in [0.2, 0.25) is 10.0 Å². The van der Waals surface area contributed by atoms with Gasteiger partial charge in [0, 0.05) is 11.1 Å². The Morgan fingerprint density at radius 2 is 2.05 bits per heavy atom. The van der Waals surface area contributed by atoms with Crippen molar-refractivity contribution in [2.75, 3.05) is 6.54 Å². The first-order valence-electron chi connectivity index (χ1n) is 6.89. The van der Waals surface area contributed by atoms with Crippen molar-refractivity contribution < 1.29 is 8.42 Å². The average molecular weight is 327 g/mol. The quantitative estimate of drug-likeness (QED) is 0.837. The molecule has 3 N–H and O–H groups in total. The van der Waals surface area contributed by atoms with Crippen LogP contribution in [0.3, 0.4) is 0 Å². The molecule has 1 aliphatic rings. The lowest BCUT2D eigenvalue weighted by Gasteiger charge is -2.25. The highest BCUT2D eigenvalue weighted by atomic mass is 35.5. The monoisotopic (exact) mass is 326 g/mol. The zero-order valence-corrected chi connectivity index (χ0v) is 13.5. The van der Waals surface area contributed by atoms with Crippen molar-refractivity contribution in [3.63, 3.8) is 0 Å². The molecule has 0 heterocycles. The SMILES string of the molecule is CC1(NS(=O)(=O)c2ccc(C#CCN)cc2Cl)CCCC1. The second-order valence-electron chi connectivity index (χ2n) is 5.52. The average Bonchev–Trinajstić information content (AvgIpc) is 2.81. The minimum absolute atomic E-state index is 0.0931. The van der Waals surface area contributed by atoms with Crippen LogP contribution >= 0.6 is 11.6 Å². The van der Waals surface area contributed by atoms with E-state index in [1.54, 1.807) is 12.1 Å². The molecule has 1 saturated carbocycles. The number of hydrogen-bond acceptors (Lipinski definition) is 3. The number of sulfonamides is 1. The Morgan fingerprint density at radius 3 is 2.62 bits per heavy atom. The molecule has 0 saturated heterocycles. The Morgan fingerprint density at radius 1 is 1.38 bits per heavy atom. The smallest absolute Gasteiger partial charge is 0.242 e. The van der Waals surface area contributed by atoms with Crippen molar-refractivity contribution in [1.29, 1.82) is 0 Å². The summed E-state index contributed by atoms with van der Waals surface area (Å²) < 4.78 is 27.8. The standard InChI is InChI=1S/C15H19ClN2O2S/c1-15(8-2-3-9-15)18-21(19,20)14-7-6-12(5-4-10-17)11-13(14)16/h6-7,11,18H,2-3,8-10,17H2,1H3. The van der Waals surface area contributed by atoms with Crippen molar-refractivity contribution in [1.82, 2.24) is 4.72 Å². The summed E-state index contributed by atoms with van der Waals surface area (Å²) in [6.07, 6.45) is 3.79. The van der Waals surface area contributed by atoms with Crippen LogP contribution in [0.2, 0.25) is 5.02 Å². The van der Waals surface area contributed by atoms with E-state index in [9.17, 15) is 8.42 Å². The Labute approximate surface area is 131 Å². The van der Waals surface area contributed by atoms with Gasteiger partial charge in [0.25, 0.3) is 0 Å². The van der Waals surface area contributed by atoms with Gasteiger partial charge in [-0.15, -0.1) is 0 Å². The molecule has 0 unspecified atom stereocenters. The third kappa shape index (κ3) is 3.98. The van der Waals surface area contributed by atoms with E-state index in [1.807, 2.05) is 6.92 Å². The highest BCUT2D eigenvalue weighted by Gasteiger charge is 2.34. The molecule has 1 aliphatic carbocycles. The van der Waals surface area contributed by atoms with Crippen LogP contribution in [0.4, 0.5) is 0 Å². The molecule has 0 amide bonds. The fourth-order valence-corrected chi connectivity index (χ4v) is 4.60. The van der Waals surface area contributed by atoms with Crippen LogP contribution in [0.15, 0.2) is 23.1 Å². The summed E-state index contributed by atoms with van der Waals surface area (Å²) in [6, 6.07) is 4.68. The fourth-order valence-electron chi connectivity index (χ4n) is 2.59. The van der Waals surface area contributed by atoms with Crippen LogP contribution in [0.5, 0.6) is 0 Å².